The van der Waals surface area contributed by atoms with Crippen LogP contribution in [0.1, 0.15) is 11.1 Å². The Morgan fingerprint density at radius 2 is 2.00 bits per heavy atom. The maximum Gasteiger partial charge on any atom is 0.419 e. The van der Waals surface area contributed by atoms with Crippen LogP contribution in [0.3, 0.4) is 0 Å². The summed E-state index contributed by atoms with van der Waals surface area (Å²) in [5.41, 5.74) is 3.73. The van der Waals surface area contributed by atoms with Crippen LogP contribution in [0.5, 0.6) is 0 Å². The maximum atomic E-state index is 11.2. The fourth-order valence-corrected chi connectivity index (χ4v) is 1.42. The molecule has 0 saturated heterocycles. The molecule has 1 heterocycles. The van der Waals surface area contributed by atoms with Crippen LogP contribution in [0.2, 0.25) is 0 Å². The molecule has 0 aliphatic heterocycles. The van der Waals surface area contributed by atoms with Crippen LogP contribution < -0.4 is 5.76 Å². The van der Waals surface area contributed by atoms with Gasteiger partial charge in [0.1, 0.15) is 0 Å². The molecule has 3 heteroatoms. The van der Waals surface area contributed by atoms with E-state index >= 15 is 0 Å². The highest BCUT2D eigenvalue weighted by molar-refractivity contribution is 5.77. The number of rotatable bonds is 0. The minimum atomic E-state index is -0.302. The fourth-order valence-electron chi connectivity index (χ4n) is 1.42. The molecule has 0 unspecified atom stereocenters. The molecule has 3 nitrogen and oxygen atoms in total. The van der Waals surface area contributed by atoms with Gasteiger partial charge in [-0.1, -0.05) is 6.07 Å². The van der Waals surface area contributed by atoms with Gasteiger partial charge >= 0.3 is 5.76 Å². The molecule has 0 bridgehead atoms. The van der Waals surface area contributed by atoms with Crippen molar-refractivity contribution in [3.63, 3.8) is 0 Å². The SMILES string of the molecule is Cc1ccc2c(oc(=O)n2C)c1C. The lowest BCUT2D eigenvalue weighted by Crippen LogP contribution is -2.08. The molecule has 0 radical (unpaired) electrons. The minimum absolute atomic E-state index is 0.302. The summed E-state index contributed by atoms with van der Waals surface area (Å²) in [6, 6.07) is 3.90. The van der Waals surface area contributed by atoms with Gasteiger partial charge in [0.15, 0.2) is 5.58 Å². The zero-order valence-electron chi connectivity index (χ0n) is 7.92. The van der Waals surface area contributed by atoms with Gasteiger partial charge in [-0.25, -0.2) is 4.79 Å². The Labute approximate surface area is 75.6 Å². The molecule has 68 valence electrons. The summed E-state index contributed by atoms with van der Waals surface area (Å²) >= 11 is 0. The van der Waals surface area contributed by atoms with Crippen LogP contribution >= 0.6 is 0 Å². The first kappa shape index (κ1) is 8.10. The second kappa shape index (κ2) is 2.49. The normalized spacial score (nSPS) is 11.0. The third-order valence-corrected chi connectivity index (χ3v) is 2.48. The quantitative estimate of drug-likeness (QED) is 0.614. The molecule has 13 heavy (non-hydrogen) atoms. The van der Waals surface area contributed by atoms with Gasteiger partial charge in [0.05, 0.1) is 5.52 Å². The second-order valence-corrected chi connectivity index (χ2v) is 3.28. The lowest BCUT2D eigenvalue weighted by atomic mass is 10.1. The molecule has 0 fully saturated rings. The zero-order chi connectivity index (χ0) is 9.59. The number of hydrogen-bond acceptors (Lipinski definition) is 2. The van der Waals surface area contributed by atoms with Crippen molar-refractivity contribution in [2.45, 2.75) is 13.8 Å². The Hall–Kier alpha value is -1.51. The Kier molecular flexibility index (Phi) is 1.55. The van der Waals surface area contributed by atoms with Crippen LogP contribution in [-0.4, -0.2) is 4.57 Å². The van der Waals surface area contributed by atoms with Crippen LogP contribution in [0.25, 0.3) is 11.1 Å². The molecule has 0 N–H and O–H groups in total. The third kappa shape index (κ3) is 1.00. The van der Waals surface area contributed by atoms with E-state index in [9.17, 15) is 4.79 Å². The number of hydrogen-bond donors (Lipinski definition) is 0. The predicted molar refractivity (Wildman–Crippen MR) is 50.9 cm³/mol. The van der Waals surface area contributed by atoms with E-state index in [0.717, 1.165) is 16.6 Å². The lowest BCUT2D eigenvalue weighted by Gasteiger charge is -1.98. The molecule has 2 rings (SSSR count). The summed E-state index contributed by atoms with van der Waals surface area (Å²) < 4.78 is 6.63. The molecule has 0 spiro atoms. The van der Waals surface area contributed by atoms with Crippen molar-refractivity contribution in [2.24, 2.45) is 7.05 Å². The van der Waals surface area contributed by atoms with E-state index in [1.807, 2.05) is 26.0 Å². The number of fused-ring (bicyclic) bond motifs is 1. The highest BCUT2D eigenvalue weighted by Crippen LogP contribution is 2.19. The molecule has 0 saturated carbocycles. The Morgan fingerprint density at radius 1 is 1.31 bits per heavy atom. The highest BCUT2D eigenvalue weighted by Gasteiger charge is 2.08. The van der Waals surface area contributed by atoms with Crippen molar-refractivity contribution in [3.05, 3.63) is 33.8 Å². The van der Waals surface area contributed by atoms with Gasteiger partial charge in [0, 0.05) is 7.05 Å². The first-order valence-electron chi connectivity index (χ1n) is 4.17. The standard InChI is InChI=1S/C10H11NO2/c1-6-4-5-8-9(7(6)2)13-10(12)11(8)3/h4-5H,1-3H3. The van der Waals surface area contributed by atoms with Gasteiger partial charge in [0.2, 0.25) is 0 Å². The summed E-state index contributed by atoms with van der Waals surface area (Å²) in [7, 11) is 1.71. The van der Waals surface area contributed by atoms with Crippen molar-refractivity contribution in [2.75, 3.05) is 0 Å². The van der Waals surface area contributed by atoms with E-state index in [1.165, 1.54) is 4.57 Å². The van der Waals surface area contributed by atoms with Crippen molar-refractivity contribution < 1.29 is 4.42 Å². The molecule has 0 aliphatic rings. The van der Waals surface area contributed by atoms with Gasteiger partial charge < -0.3 is 4.42 Å². The Bertz CT molecular complexity index is 519. The number of aromatic nitrogens is 1. The second-order valence-electron chi connectivity index (χ2n) is 3.28. The van der Waals surface area contributed by atoms with Crippen LogP contribution in [0.4, 0.5) is 0 Å². The van der Waals surface area contributed by atoms with E-state index < -0.39 is 0 Å². The van der Waals surface area contributed by atoms with E-state index in [0.29, 0.717) is 5.58 Å². The Balaban J connectivity index is 3.03. The number of nitrogens with zero attached hydrogens (tertiary/aromatic N) is 1. The summed E-state index contributed by atoms with van der Waals surface area (Å²) in [5, 5.41) is 0. The highest BCUT2D eigenvalue weighted by atomic mass is 16.4. The third-order valence-electron chi connectivity index (χ3n) is 2.48. The molecule has 0 amide bonds. The lowest BCUT2D eigenvalue weighted by molar-refractivity contribution is 0.526. The van der Waals surface area contributed by atoms with Gasteiger partial charge in [0.25, 0.3) is 0 Å². The van der Waals surface area contributed by atoms with E-state index in [4.69, 9.17) is 4.42 Å². The zero-order valence-corrected chi connectivity index (χ0v) is 7.92. The summed E-state index contributed by atoms with van der Waals surface area (Å²) in [4.78, 5) is 11.2. The van der Waals surface area contributed by atoms with Gasteiger partial charge in [-0.2, -0.15) is 0 Å². The molecular formula is C10H11NO2. The molecular weight excluding hydrogens is 166 g/mol. The molecule has 0 aliphatic carbocycles. The number of aryl methyl sites for hydroxylation is 3. The minimum Gasteiger partial charge on any atom is -0.407 e. The molecule has 2 aromatic rings. The molecule has 1 aromatic heterocycles. The molecule has 0 atom stereocenters. The fraction of sp³-hybridized carbons (Fsp3) is 0.300. The van der Waals surface area contributed by atoms with Crippen molar-refractivity contribution >= 4 is 11.1 Å². The maximum absolute atomic E-state index is 11.2. The van der Waals surface area contributed by atoms with Crippen molar-refractivity contribution in [3.8, 4) is 0 Å². The predicted octanol–water partition coefficient (Wildman–Crippen LogP) is 1.75. The molecule has 1 aromatic carbocycles. The summed E-state index contributed by atoms with van der Waals surface area (Å²) in [6.45, 7) is 3.96. The van der Waals surface area contributed by atoms with Crippen LogP contribution in [0, 0.1) is 13.8 Å². The number of oxazole rings is 1. The van der Waals surface area contributed by atoms with Crippen LogP contribution in [-0.2, 0) is 7.05 Å². The first-order valence-corrected chi connectivity index (χ1v) is 4.17. The van der Waals surface area contributed by atoms with E-state index in [2.05, 4.69) is 0 Å². The van der Waals surface area contributed by atoms with Gasteiger partial charge in [-0.05, 0) is 31.0 Å². The average Bonchev–Trinajstić information content (AvgIpc) is 2.38. The van der Waals surface area contributed by atoms with Gasteiger partial charge in [-0.15, -0.1) is 0 Å². The largest absolute Gasteiger partial charge is 0.419 e. The van der Waals surface area contributed by atoms with E-state index in [-0.39, 0.29) is 5.76 Å². The van der Waals surface area contributed by atoms with Crippen LogP contribution in [0.15, 0.2) is 21.3 Å². The Morgan fingerprint density at radius 3 is 2.69 bits per heavy atom. The monoisotopic (exact) mass is 177 g/mol. The topological polar surface area (TPSA) is 35.1 Å². The van der Waals surface area contributed by atoms with Gasteiger partial charge in [-0.3, -0.25) is 4.57 Å². The first-order chi connectivity index (χ1) is 6.11. The van der Waals surface area contributed by atoms with E-state index in [1.54, 1.807) is 7.05 Å². The summed E-state index contributed by atoms with van der Waals surface area (Å²) in [5.74, 6) is -0.302. The smallest absolute Gasteiger partial charge is 0.407 e. The van der Waals surface area contributed by atoms with Crippen molar-refractivity contribution in [1.82, 2.24) is 4.57 Å². The summed E-state index contributed by atoms with van der Waals surface area (Å²) in [6.07, 6.45) is 0. The average molecular weight is 177 g/mol. The van der Waals surface area contributed by atoms with Crippen molar-refractivity contribution in [1.29, 1.82) is 0 Å². The number of benzene rings is 1.